The molecule has 0 bridgehead atoms. The van der Waals surface area contributed by atoms with Gasteiger partial charge in [0.1, 0.15) is 5.75 Å². The van der Waals surface area contributed by atoms with E-state index in [0.29, 0.717) is 18.3 Å². The van der Waals surface area contributed by atoms with Crippen molar-refractivity contribution in [3.05, 3.63) is 89.5 Å². The number of benzene rings is 3. The van der Waals surface area contributed by atoms with E-state index in [2.05, 4.69) is 48.2 Å². The van der Waals surface area contributed by atoms with Crippen LogP contribution in [0.3, 0.4) is 0 Å². The van der Waals surface area contributed by atoms with Crippen LogP contribution in [-0.2, 0) is 17.8 Å². The van der Waals surface area contributed by atoms with Crippen molar-refractivity contribution in [1.82, 2.24) is 4.90 Å². The lowest BCUT2D eigenvalue weighted by Crippen LogP contribution is -2.29. The van der Waals surface area contributed by atoms with Gasteiger partial charge in [0.15, 0.2) is 11.5 Å². The van der Waals surface area contributed by atoms with Crippen LogP contribution in [0.25, 0.3) is 0 Å². The van der Waals surface area contributed by atoms with Crippen molar-refractivity contribution >= 4 is 5.97 Å². The fourth-order valence-electron chi connectivity index (χ4n) is 4.20. The van der Waals surface area contributed by atoms with Crippen LogP contribution in [0.5, 0.6) is 17.2 Å². The van der Waals surface area contributed by atoms with Crippen molar-refractivity contribution in [2.24, 2.45) is 0 Å². The zero-order valence-corrected chi connectivity index (χ0v) is 19.5. The largest absolute Gasteiger partial charge is 0.494 e. The molecule has 6 nitrogen and oxygen atoms in total. The first kappa shape index (κ1) is 23.6. The van der Waals surface area contributed by atoms with Gasteiger partial charge in [0, 0.05) is 19.6 Å². The zero-order valence-electron chi connectivity index (χ0n) is 19.5. The van der Waals surface area contributed by atoms with Crippen LogP contribution in [0.2, 0.25) is 0 Å². The number of ether oxygens (including phenoxy) is 3. The Balaban J connectivity index is 1.36. The maximum Gasteiger partial charge on any atom is 0.307 e. The van der Waals surface area contributed by atoms with E-state index in [1.807, 2.05) is 24.3 Å². The molecular weight excluding hydrogens is 430 g/mol. The van der Waals surface area contributed by atoms with Crippen molar-refractivity contribution in [1.29, 1.82) is 0 Å². The molecule has 0 fully saturated rings. The Morgan fingerprint density at radius 1 is 1.00 bits per heavy atom. The van der Waals surface area contributed by atoms with Crippen molar-refractivity contribution in [2.45, 2.75) is 32.2 Å². The van der Waals surface area contributed by atoms with E-state index in [-0.39, 0.29) is 13.2 Å². The lowest BCUT2D eigenvalue weighted by molar-refractivity contribution is -0.136. The Bertz CT molecular complexity index is 1090. The Labute approximate surface area is 200 Å². The van der Waals surface area contributed by atoms with E-state index in [1.165, 1.54) is 11.1 Å². The highest BCUT2D eigenvalue weighted by molar-refractivity contribution is 5.70. The Kier molecular flexibility index (Phi) is 8.04. The number of nitrogens with zero attached hydrogens (tertiary/aromatic N) is 1. The third-order valence-corrected chi connectivity index (χ3v) is 5.89. The summed E-state index contributed by atoms with van der Waals surface area (Å²) in [6, 6.07) is 24.0. The minimum Gasteiger partial charge on any atom is -0.494 e. The van der Waals surface area contributed by atoms with E-state index >= 15 is 0 Å². The summed E-state index contributed by atoms with van der Waals surface area (Å²) >= 11 is 0. The molecule has 0 unspecified atom stereocenters. The second-order valence-corrected chi connectivity index (χ2v) is 8.65. The molecule has 0 saturated heterocycles. The number of carbonyl (C=O) groups is 1. The molecule has 0 radical (unpaired) electrons. The van der Waals surface area contributed by atoms with E-state index in [9.17, 15) is 4.79 Å². The van der Waals surface area contributed by atoms with E-state index in [1.54, 1.807) is 12.1 Å². The molecule has 3 aromatic carbocycles. The third kappa shape index (κ3) is 6.75. The van der Waals surface area contributed by atoms with Gasteiger partial charge in [-0.25, -0.2) is 0 Å². The molecule has 3 aromatic rings. The van der Waals surface area contributed by atoms with Gasteiger partial charge < -0.3 is 19.3 Å². The molecule has 34 heavy (non-hydrogen) atoms. The van der Waals surface area contributed by atoms with E-state index in [0.717, 1.165) is 43.1 Å². The Morgan fingerprint density at radius 3 is 2.65 bits per heavy atom. The smallest absolute Gasteiger partial charge is 0.307 e. The van der Waals surface area contributed by atoms with Crippen molar-refractivity contribution in [2.75, 3.05) is 26.5 Å². The molecule has 1 heterocycles. The van der Waals surface area contributed by atoms with Gasteiger partial charge in [-0.3, -0.25) is 9.69 Å². The summed E-state index contributed by atoms with van der Waals surface area (Å²) in [5.41, 5.74) is 3.25. The molecule has 1 atom stereocenters. The molecular formula is C28H31NO5. The number of carboxylic acids is 1. The number of aliphatic carboxylic acids is 1. The number of carboxylic acid groups (broad SMARTS) is 1. The van der Waals surface area contributed by atoms with Crippen molar-refractivity contribution < 1.29 is 24.1 Å². The molecule has 0 aliphatic carbocycles. The highest BCUT2D eigenvalue weighted by atomic mass is 16.7. The maximum atomic E-state index is 11.0. The fraction of sp³-hybridized carbons (Fsp3) is 0.321. The zero-order chi connectivity index (χ0) is 23.8. The average molecular weight is 462 g/mol. The minimum absolute atomic E-state index is 0.00210. The standard InChI is InChI=1S/C28H31NO5/c1-21(24-8-3-2-4-9-24)18-29(19-23-11-12-26-27(16-23)34-20-33-26)13-6-14-32-25-10-5-7-22(15-25)17-28(30)31/h2-5,7-12,15-16,21H,6,13-14,17-20H2,1H3,(H,30,31)/t21-/m0/s1. The van der Waals surface area contributed by atoms with E-state index in [4.69, 9.17) is 19.3 Å². The van der Waals surface area contributed by atoms with Crippen LogP contribution >= 0.6 is 0 Å². The molecule has 0 spiro atoms. The van der Waals surface area contributed by atoms with Crippen LogP contribution in [0.15, 0.2) is 72.8 Å². The van der Waals surface area contributed by atoms with Gasteiger partial charge in [-0.15, -0.1) is 0 Å². The first-order valence-electron chi connectivity index (χ1n) is 11.7. The lowest BCUT2D eigenvalue weighted by Gasteiger charge is -2.26. The van der Waals surface area contributed by atoms with Gasteiger partial charge in [0.25, 0.3) is 0 Å². The molecule has 0 amide bonds. The molecule has 1 aliphatic heterocycles. The van der Waals surface area contributed by atoms with Crippen LogP contribution in [0.4, 0.5) is 0 Å². The lowest BCUT2D eigenvalue weighted by atomic mass is 10.0. The molecule has 178 valence electrons. The highest BCUT2D eigenvalue weighted by Crippen LogP contribution is 2.33. The molecule has 0 aromatic heterocycles. The summed E-state index contributed by atoms with van der Waals surface area (Å²) in [4.78, 5) is 13.4. The fourth-order valence-corrected chi connectivity index (χ4v) is 4.20. The molecule has 6 heteroatoms. The third-order valence-electron chi connectivity index (χ3n) is 5.89. The second-order valence-electron chi connectivity index (χ2n) is 8.65. The van der Waals surface area contributed by atoms with Gasteiger partial charge in [-0.05, 0) is 53.3 Å². The predicted octanol–water partition coefficient (Wildman–Crippen LogP) is 5.12. The predicted molar refractivity (Wildman–Crippen MR) is 131 cm³/mol. The summed E-state index contributed by atoms with van der Waals surface area (Å²) < 4.78 is 16.9. The van der Waals surface area contributed by atoms with Gasteiger partial charge in [0.2, 0.25) is 6.79 Å². The highest BCUT2D eigenvalue weighted by Gasteiger charge is 2.17. The van der Waals surface area contributed by atoms with Gasteiger partial charge >= 0.3 is 5.97 Å². The number of rotatable bonds is 12. The summed E-state index contributed by atoms with van der Waals surface area (Å²) in [6.45, 7) is 5.70. The quantitative estimate of drug-likeness (QED) is 0.378. The first-order valence-corrected chi connectivity index (χ1v) is 11.7. The molecule has 4 rings (SSSR count). The average Bonchev–Trinajstić information content (AvgIpc) is 3.30. The summed E-state index contributed by atoms with van der Waals surface area (Å²) in [7, 11) is 0. The van der Waals surface area contributed by atoms with Crippen molar-refractivity contribution in [3.8, 4) is 17.2 Å². The monoisotopic (exact) mass is 461 g/mol. The van der Waals surface area contributed by atoms with E-state index < -0.39 is 5.97 Å². The van der Waals surface area contributed by atoms with Gasteiger partial charge in [-0.1, -0.05) is 55.5 Å². The topological polar surface area (TPSA) is 68.2 Å². The summed E-state index contributed by atoms with van der Waals surface area (Å²) in [5.74, 6) is 1.86. The van der Waals surface area contributed by atoms with Crippen LogP contribution in [-0.4, -0.2) is 42.5 Å². The van der Waals surface area contributed by atoms with Crippen LogP contribution in [0, 0.1) is 0 Å². The second kappa shape index (κ2) is 11.6. The maximum absolute atomic E-state index is 11.0. The normalized spacial score (nSPS) is 13.1. The summed E-state index contributed by atoms with van der Waals surface area (Å²) in [6.07, 6.45) is 0.854. The summed E-state index contributed by atoms with van der Waals surface area (Å²) in [5, 5.41) is 9.00. The van der Waals surface area contributed by atoms with Crippen LogP contribution in [0.1, 0.15) is 36.0 Å². The van der Waals surface area contributed by atoms with Gasteiger partial charge in [0.05, 0.1) is 13.0 Å². The van der Waals surface area contributed by atoms with Gasteiger partial charge in [-0.2, -0.15) is 0 Å². The Morgan fingerprint density at radius 2 is 1.82 bits per heavy atom. The number of hydrogen-bond acceptors (Lipinski definition) is 5. The number of hydrogen-bond donors (Lipinski definition) is 1. The minimum atomic E-state index is -0.844. The Hall–Kier alpha value is -3.51. The first-order chi connectivity index (χ1) is 16.6. The van der Waals surface area contributed by atoms with Crippen molar-refractivity contribution in [3.63, 3.8) is 0 Å². The van der Waals surface area contributed by atoms with Crippen LogP contribution < -0.4 is 14.2 Å². The number of fused-ring (bicyclic) bond motifs is 1. The molecule has 1 N–H and O–H groups in total. The molecule has 0 saturated carbocycles. The SMILES string of the molecule is C[C@@H](CN(CCCOc1cccc(CC(=O)O)c1)Cc1ccc2c(c1)OCO2)c1ccccc1. The molecule has 1 aliphatic rings.